The van der Waals surface area contributed by atoms with Crippen molar-refractivity contribution in [2.24, 2.45) is 0 Å². The Morgan fingerprint density at radius 1 is 1.07 bits per heavy atom. The van der Waals surface area contributed by atoms with Gasteiger partial charge in [0.05, 0.1) is 6.54 Å². The van der Waals surface area contributed by atoms with Crippen LogP contribution in [-0.2, 0) is 19.6 Å². The Morgan fingerprint density at radius 3 is 2.50 bits per heavy atom. The molecule has 2 aromatic carbocycles. The maximum Gasteiger partial charge on any atom is 0.273 e. The normalized spacial score (nSPS) is 13.6. The van der Waals surface area contributed by atoms with Crippen LogP contribution < -0.4 is 5.32 Å². The molecule has 1 N–H and O–H groups in total. The molecular formula is C22H20F3N3O2. The molecule has 1 heterocycles. The Hall–Kier alpha value is -3.13. The van der Waals surface area contributed by atoms with E-state index >= 15 is 0 Å². The number of hydrogen-bond donors (Lipinski definition) is 1. The third-order valence-electron chi connectivity index (χ3n) is 4.94. The van der Waals surface area contributed by atoms with E-state index in [-0.39, 0.29) is 24.1 Å². The van der Waals surface area contributed by atoms with Gasteiger partial charge in [-0.15, -0.1) is 0 Å². The van der Waals surface area contributed by atoms with Crippen LogP contribution in [-0.4, -0.2) is 21.8 Å². The molecule has 8 heteroatoms. The first-order valence-electron chi connectivity index (χ1n) is 9.63. The molecular weight excluding hydrogens is 395 g/mol. The first kappa shape index (κ1) is 20.2. The van der Waals surface area contributed by atoms with Gasteiger partial charge in [-0.05, 0) is 36.6 Å². The van der Waals surface area contributed by atoms with Crippen LogP contribution in [0.5, 0.6) is 0 Å². The van der Waals surface area contributed by atoms with Gasteiger partial charge in [-0.1, -0.05) is 18.2 Å². The van der Waals surface area contributed by atoms with E-state index in [1.54, 1.807) is 12.1 Å². The minimum atomic E-state index is -0.613. The summed E-state index contributed by atoms with van der Waals surface area (Å²) in [5.74, 6) is -1.60. The number of hydrogen-bond acceptors (Lipinski definition) is 4. The van der Waals surface area contributed by atoms with Crippen LogP contribution in [0.3, 0.4) is 0 Å². The SMILES string of the molecule is O=C(NCc1ccc(F)cc1)c1coc(CN(Cc2ccc(F)cc2F)C2CC2)n1. The van der Waals surface area contributed by atoms with Crippen molar-refractivity contribution in [3.05, 3.63) is 88.9 Å². The lowest BCUT2D eigenvalue weighted by Crippen LogP contribution is -2.26. The molecule has 0 atom stereocenters. The van der Waals surface area contributed by atoms with Gasteiger partial charge in [-0.2, -0.15) is 0 Å². The van der Waals surface area contributed by atoms with Crippen molar-refractivity contribution in [1.29, 1.82) is 0 Å². The summed E-state index contributed by atoms with van der Waals surface area (Å²) in [6.07, 6.45) is 3.24. The van der Waals surface area contributed by atoms with E-state index < -0.39 is 17.5 Å². The molecule has 1 aliphatic carbocycles. The molecule has 1 aromatic heterocycles. The third kappa shape index (κ3) is 5.07. The Labute approximate surface area is 171 Å². The van der Waals surface area contributed by atoms with Crippen molar-refractivity contribution in [2.75, 3.05) is 0 Å². The second-order valence-corrected chi connectivity index (χ2v) is 7.31. The van der Waals surface area contributed by atoms with Crippen LogP contribution in [0.25, 0.3) is 0 Å². The van der Waals surface area contributed by atoms with Gasteiger partial charge in [0.15, 0.2) is 5.69 Å². The first-order valence-corrected chi connectivity index (χ1v) is 9.63. The van der Waals surface area contributed by atoms with E-state index in [1.165, 1.54) is 30.5 Å². The molecule has 4 rings (SSSR count). The zero-order chi connectivity index (χ0) is 21.1. The quantitative estimate of drug-likeness (QED) is 0.600. The van der Waals surface area contributed by atoms with Crippen molar-refractivity contribution < 1.29 is 22.4 Å². The molecule has 0 spiro atoms. The van der Waals surface area contributed by atoms with Crippen molar-refractivity contribution >= 4 is 5.91 Å². The molecule has 0 saturated heterocycles. The second kappa shape index (κ2) is 8.71. The summed E-state index contributed by atoms with van der Waals surface area (Å²) >= 11 is 0. The average molecular weight is 415 g/mol. The molecule has 0 radical (unpaired) electrons. The van der Waals surface area contributed by atoms with Gasteiger partial charge in [-0.3, -0.25) is 9.69 Å². The molecule has 1 saturated carbocycles. The zero-order valence-corrected chi connectivity index (χ0v) is 16.1. The molecule has 156 valence electrons. The zero-order valence-electron chi connectivity index (χ0n) is 16.1. The molecule has 1 aliphatic rings. The number of halogens is 3. The molecule has 0 aliphatic heterocycles. The summed E-state index contributed by atoms with van der Waals surface area (Å²) in [4.78, 5) is 18.5. The van der Waals surface area contributed by atoms with Crippen LogP contribution in [0.1, 0.15) is 40.3 Å². The number of nitrogens with zero attached hydrogens (tertiary/aromatic N) is 2. The van der Waals surface area contributed by atoms with Crippen molar-refractivity contribution in [3.8, 4) is 0 Å². The number of rotatable bonds is 8. The highest BCUT2D eigenvalue weighted by atomic mass is 19.1. The van der Waals surface area contributed by atoms with Crippen LogP contribution in [0, 0.1) is 17.5 Å². The minimum Gasteiger partial charge on any atom is -0.447 e. The molecule has 3 aromatic rings. The van der Waals surface area contributed by atoms with E-state index in [0.717, 1.165) is 24.5 Å². The summed E-state index contributed by atoms with van der Waals surface area (Å²) in [5, 5.41) is 2.71. The average Bonchev–Trinajstić information content (AvgIpc) is 3.47. The van der Waals surface area contributed by atoms with E-state index in [4.69, 9.17) is 4.42 Å². The van der Waals surface area contributed by atoms with Crippen LogP contribution in [0.2, 0.25) is 0 Å². The highest BCUT2D eigenvalue weighted by Gasteiger charge is 2.30. The Bertz CT molecular complexity index is 1030. The summed E-state index contributed by atoms with van der Waals surface area (Å²) in [6, 6.07) is 9.64. The summed E-state index contributed by atoms with van der Waals surface area (Å²) < 4.78 is 45.5. The van der Waals surface area contributed by atoms with Crippen molar-refractivity contribution in [3.63, 3.8) is 0 Å². The summed E-state index contributed by atoms with van der Waals surface area (Å²) in [5.41, 5.74) is 1.29. The predicted molar refractivity (Wildman–Crippen MR) is 103 cm³/mol. The first-order chi connectivity index (χ1) is 14.5. The molecule has 5 nitrogen and oxygen atoms in total. The van der Waals surface area contributed by atoms with Gasteiger partial charge >= 0.3 is 0 Å². The fourth-order valence-electron chi connectivity index (χ4n) is 3.16. The lowest BCUT2D eigenvalue weighted by molar-refractivity contribution is 0.0945. The number of amides is 1. The van der Waals surface area contributed by atoms with Gasteiger partial charge in [-0.25, -0.2) is 18.2 Å². The molecule has 1 amide bonds. The van der Waals surface area contributed by atoms with Gasteiger partial charge in [0.25, 0.3) is 5.91 Å². The minimum absolute atomic E-state index is 0.135. The molecule has 1 fully saturated rings. The van der Waals surface area contributed by atoms with Crippen LogP contribution >= 0.6 is 0 Å². The highest BCUT2D eigenvalue weighted by Crippen LogP contribution is 2.30. The van der Waals surface area contributed by atoms with Crippen LogP contribution in [0.15, 0.2) is 53.1 Å². The number of nitrogens with one attached hydrogen (secondary N) is 1. The van der Waals surface area contributed by atoms with E-state index in [1.807, 2.05) is 4.90 Å². The Morgan fingerprint density at radius 2 is 1.80 bits per heavy atom. The number of oxazole rings is 1. The Kier molecular flexibility index (Phi) is 5.85. The summed E-state index contributed by atoms with van der Waals surface area (Å²) in [6.45, 7) is 0.845. The maximum absolute atomic E-state index is 14.0. The molecule has 0 unspecified atom stereocenters. The van der Waals surface area contributed by atoms with Crippen LogP contribution in [0.4, 0.5) is 13.2 Å². The van der Waals surface area contributed by atoms with E-state index in [9.17, 15) is 18.0 Å². The van der Waals surface area contributed by atoms with Gasteiger partial charge < -0.3 is 9.73 Å². The molecule has 30 heavy (non-hydrogen) atoms. The largest absolute Gasteiger partial charge is 0.447 e. The van der Waals surface area contributed by atoms with E-state index in [2.05, 4.69) is 10.3 Å². The number of benzene rings is 2. The molecule has 0 bridgehead atoms. The highest BCUT2D eigenvalue weighted by molar-refractivity contribution is 5.91. The topological polar surface area (TPSA) is 58.4 Å². The van der Waals surface area contributed by atoms with Crippen molar-refractivity contribution in [1.82, 2.24) is 15.2 Å². The lowest BCUT2D eigenvalue weighted by Gasteiger charge is -2.20. The van der Waals surface area contributed by atoms with E-state index in [0.29, 0.717) is 24.5 Å². The fraction of sp³-hybridized carbons (Fsp3) is 0.273. The monoisotopic (exact) mass is 415 g/mol. The Balaban J connectivity index is 1.37. The van der Waals surface area contributed by atoms with Gasteiger partial charge in [0.2, 0.25) is 5.89 Å². The van der Waals surface area contributed by atoms with Crippen molar-refractivity contribution in [2.45, 2.75) is 38.5 Å². The number of carbonyl (C=O) groups is 1. The number of aromatic nitrogens is 1. The fourth-order valence-corrected chi connectivity index (χ4v) is 3.16. The standard InChI is InChI=1S/C22H20F3N3O2/c23-16-4-1-14(2-5-16)10-26-22(29)20-13-30-21(27-20)12-28(18-7-8-18)11-15-3-6-17(24)9-19(15)25/h1-6,9,13,18H,7-8,10-12H2,(H,26,29). The predicted octanol–water partition coefficient (Wildman–Crippen LogP) is 4.19. The van der Waals surface area contributed by atoms with Gasteiger partial charge in [0.1, 0.15) is 23.7 Å². The lowest BCUT2D eigenvalue weighted by atomic mass is 10.2. The summed E-state index contributed by atoms with van der Waals surface area (Å²) in [7, 11) is 0. The van der Waals surface area contributed by atoms with Gasteiger partial charge in [0, 0.05) is 30.8 Å². The third-order valence-corrected chi connectivity index (χ3v) is 4.94. The maximum atomic E-state index is 14.0. The smallest absolute Gasteiger partial charge is 0.273 e. The number of carbonyl (C=O) groups excluding carboxylic acids is 1. The second-order valence-electron chi connectivity index (χ2n) is 7.31.